The van der Waals surface area contributed by atoms with Crippen molar-refractivity contribution in [3.63, 3.8) is 0 Å². The SMILES string of the molecule is CCOC(=O)CS[C@H]1CO[C@H]2[C@H]1OC[C@H]2O[N+](=O)[O-]. The van der Waals surface area contributed by atoms with Gasteiger partial charge in [-0.25, -0.2) is 0 Å². The maximum atomic E-state index is 11.3. The lowest BCUT2D eigenvalue weighted by Gasteiger charge is -2.15. The van der Waals surface area contributed by atoms with E-state index in [1.54, 1.807) is 6.92 Å². The highest BCUT2D eigenvalue weighted by atomic mass is 32.2. The molecule has 0 aromatic heterocycles. The number of nitrogens with zero attached hydrogens (tertiary/aromatic N) is 1. The molecule has 0 bridgehead atoms. The second-order valence-electron chi connectivity index (χ2n) is 4.12. The highest BCUT2D eigenvalue weighted by Crippen LogP contribution is 2.35. The van der Waals surface area contributed by atoms with Crippen LogP contribution < -0.4 is 0 Å². The zero-order chi connectivity index (χ0) is 13.8. The summed E-state index contributed by atoms with van der Waals surface area (Å²) in [4.78, 5) is 26.1. The normalized spacial score (nSPS) is 32.9. The number of esters is 1. The van der Waals surface area contributed by atoms with Crippen molar-refractivity contribution in [2.75, 3.05) is 25.6 Å². The van der Waals surface area contributed by atoms with E-state index in [1.807, 2.05) is 0 Å². The van der Waals surface area contributed by atoms with E-state index in [0.717, 1.165) is 0 Å². The fraction of sp³-hybridized carbons (Fsp3) is 0.900. The number of ether oxygens (including phenoxy) is 3. The number of thioether (sulfide) groups is 1. The Morgan fingerprint density at radius 1 is 1.42 bits per heavy atom. The smallest absolute Gasteiger partial charge is 0.315 e. The van der Waals surface area contributed by atoms with Crippen LogP contribution in [-0.4, -0.2) is 60.2 Å². The van der Waals surface area contributed by atoms with Crippen LogP contribution >= 0.6 is 11.8 Å². The molecule has 108 valence electrons. The van der Waals surface area contributed by atoms with Crippen molar-refractivity contribution in [2.45, 2.75) is 30.5 Å². The van der Waals surface area contributed by atoms with Crippen molar-refractivity contribution >= 4 is 17.7 Å². The van der Waals surface area contributed by atoms with Crippen LogP contribution in [0.25, 0.3) is 0 Å². The second kappa shape index (κ2) is 6.40. The first kappa shape index (κ1) is 14.4. The first-order valence-corrected chi connectivity index (χ1v) is 6.98. The van der Waals surface area contributed by atoms with Gasteiger partial charge in [-0.3, -0.25) is 4.79 Å². The monoisotopic (exact) mass is 293 g/mol. The lowest BCUT2D eigenvalue weighted by Crippen LogP contribution is -2.33. The molecule has 8 nitrogen and oxygen atoms in total. The van der Waals surface area contributed by atoms with E-state index in [1.165, 1.54) is 11.8 Å². The van der Waals surface area contributed by atoms with Gasteiger partial charge >= 0.3 is 5.97 Å². The topological polar surface area (TPSA) is 97.1 Å². The Morgan fingerprint density at radius 3 is 2.84 bits per heavy atom. The summed E-state index contributed by atoms with van der Waals surface area (Å²) in [6, 6.07) is 0. The van der Waals surface area contributed by atoms with Gasteiger partial charge in [0, 0.05) is 0 Å². The summed E-state index contributed by atoms with van der Waals surface area (Å²) in [5.74, 6) is -0.0677. The van der Waals surface area contributed by atoms with Gasteiger partial charge in [-0.2, -0.15) is 0 Å². The third-order valence-electron chi connectivity index (χ3n) is 2.90. The molecule has 2 heterocycles. The minimum Gasteiger partial charge on any atom is -0.465 e. The number of hydrogen-bond donors (Lipinski definition) is 0. The summed E-state index contributed by atoms with van der Waals surface area (Å²) in [5, 5.41) is 9.45. The number of fused-ring (bicyclic) bond motifs is 1. The Morgan fingerprint density at radius 2 is 2.16 bits per heavy atom. The molecular formula is C10H15NO7S. The summed E-state index contributed by atoms with van der Waals surface area (Å²) >= 11 is 1.38. The highest BCUT2D eigenvalue weighted by Gasteiger charge is 2.49. The lowest BCUT2D eigenvalue weighted by molar-refractivity contribution is -0.769. The van der Waals surface area contributed by atoms with Gasteiger partial charge in [0.15, 0.2) is 6.10 Å². The van der Waals surface area contributed by atoms with Crippen molar-refractivity contribution < 1.29 is 28.9 Å². The molecule has 0 unspecified atom stereocenters. The maximum Gasteiger partial charge on any atom is 0.315 e. The summed E-state index contributed by atoms with van der Waals surface area (Å²) in [6.45, 7) is 2.61. The molecule has 2 aliphatic rings. The van der Waals surface area contributed by atoms with Crippen LogP contribution in [0.4, 0.5) is 0 Å². The molecule has 9 heteroatoms. The first-order chi connectivity index (χ1) is 9.11. The van der Waals surface area contributed by atoms with Crippen LogP contribution in [-0.2, 0) is 23.8 Å². The van der Waals surface area contributed by atoms with Crippen LogP contribution in [0.5, 0.6) is 0 Å². The molecular weight excluding hydrogens is 278 g/mol. The Bertz CT molecular complexity index is 353. The second-order valence-corrected chi connectivity index (χ2v) is 5.35. The van der Waals surface area contributed by atoms with E-state index in [0.29, 0.717) is 13.2 Å². The van der Waals surface area contributed by atoms with E-state index in [-0.39, 0.29) is 29.7 Å². The molecule has 2 saturated heterocycles. The van der Waals surface area contributed by atoms with Gasteiger partial charge < -0.3 is 19.0 Å². The maximum absolute atomic E-state index is 11.3. The van der Waals surface area contributed by atoms with Crippen LogP contribution in [0.1, 0.15) is 6.92 Å². The third-order valence-corrected chi connectivity index (χ3v) is 4.14. The van der Waals surface area contributed by atoms with Crippen LogP contribution in [0.2, 0.25) is 0 Å². The fourth-order valence-electron chi connectivity index (χ4n) is 2.15. The summed E-state index contributed by atoms with van der Waals surface area (Å²) < 4.78 is 15.8. The minimum atomic E-state index is -0.834. The first-order valence-electron chi connectivity index (χ1n) is 5.93. The zero-order valence-electron chi connectivity index (χ0n) is 10.4. The van der Waals surface area contributed by atoms with Crippen LogP contribution in [0, 0.1) is 10.1 Å². The van der Waals surface area contributed by atoms with Gasteiger partial charge in [0.05, 0.1) is 30.8 Å². The van der Waals surface area contributed by atoms with Crippen molar-refractivity contribution in [3.8, 4) is 0 Å². The summed E-state index contributed by atoms with van der Waals surface area (Å²) in [5.41, 5.74) is 0. The molecule has 2 rings (SSSR count). The van der Waals surface area contributed by atoms with Crippen molar-refractivity contribution in [2.24, 2.45) is 0 Å². The molecule has 0 N–H and O–H groups in total. The zero-order valence-corrected chi connectivity index (χ0v) is 11.2. The predicted octanol–water partition coefficient (Wildman–Crippen LogP) is 0.0258. The molecule has 0 saturated carbocycles. The van der Waals surface area contributed by atoms with E-state index in [2.05, 4.69) is 4.84 Å². The van der Waals surface area contributed by atoms with E-state index in [9.17, 15) is 14.9 Å². The molecule has 4 atom stereocenters. The Balaban J connectivity index is 1.80. The molecule has 2 fully saturated rings. The number of hydrogen-bond acceptors (Lipinski definition) is 8. The molecule has 0 amide bonds. The predicted molar refractivity (Wildman–Crippen MR) is 64.2 cm³/mol. The molecule has 0 radical (unpaired) electrons. The number of rotatable bonds is 6. The summed E-state index contributed by atoms with van der Waals surface area (Å²) in [7, 11) is 0. The van der Waals surface area contributed by atoms with Crippen LogP contribution in [0.15, 0.2) is 0 Å². The lowest BCUT2D eigenvalue weighted by atomic mass is 10.1. The van der Waals surface area contributed by atoms with E-state index >= 15 is 0 Å². The van der Waals surface area contributed by atoms with E-state index in [4.69, 9.17) is 14.2 Å². The Labute approximate surface area is 113 Å². The van der Waals surface area contributed by atoms with Gasteiger partial charge in [-0.1, -0.05) is 0 Å². The largest absolute Gasteiger partial charge is 0.465 e. The number of carbonyl (C=O) groups excluding carboxylic acids is 1. The Kier molecular flexibility index (Phi) is 4.83. The van der Waals surface area contributed by atoms with Crippen molar-refractivity contribution in [1.29, 1.82) is 0 Å². The molecule has 0 aromatic rings. The van der Waals surface area contributed by atoms with Crippen molar-refractivity contribution in [1.82, 2.24) is 0 Å². The van der Waals surface area contributed by atoms with Crippen LogP contribution in [0.3, 0.4) is 0 Å². The average molecular weight is 293 g/mol. The molecule has 2 aliphatic heterocycles. The molecule has 0 aromatic carbocycles. The highest BCUT2D eigenvalue weighted by molar-refractivity contribution is 8.00. The third kappa shape index (κ3) is 3.48. The number of carbonyl (C=O) groups is 1. The van der Waals surface area contributed by atoms with Gasteiger partial charge in [0.2, 0.25) is 0 Å². The van der Waals surface area contributed by atoms with Gasteiger partial charge in [-0.15, -0.1) is 21.9 Å². The summed E-state index contributed by atoms with van der Waals surface area (Å²) in [6.07, 6.45) is -1.40. The molecule has 19 heavy (non-hydrogen) atoms. The van der Waals surface area contributed by atoms with Gasteiger partial charge in [-0.05, 0) is 6.92 Å². The van der Waals surface area contributed by atoms with Gasteiger partial charge in [0.1, 0.15) is 12.2 Å². The molecule has 0 spiro atoms. The van der Waals surface area contributed by atoms with Crippen molar-refractivity contribution in [3.05, 3.63) is 10.1 Å². The average Bonchev–Trinajstić information content (AvgIpc) is 2.90. The molecule has 0 aliphatic carbocycles. The standard InChI is InChI=1S/C10H15NO7S/c1-2-15-8(12)5-19-7-4-17-9-6(18-11(13)14)3-16-10(7)9/h6-7,9-10H,2-5H2,1H3/t6-,7+,9-,10+/m1/s1. The minimum absolute atomic E-state index is 0.0326. The Hall–Kier alpha value is -1.06. The fourth-order valence-corrected chi connectivity index (χ4v) is 3.18. The van der Waals surface area contributed by atoms with Gasteiger partial charge in [0.25, 0.3) is 5.09 Å². The quantitative estimate of drug-likeness (QED) is 0.384. The van der Waals surface area contributed by atoms with E-state index < -0.39 is 17.3 Å².